The third-order valence-corrected chi connectivity index (χ3v) is 2.94. The number of hydrogen-bond donors (Lipinski definition) is 1. The fourth-order valence-corrected chi connectivity index (χ4v) is 2.17. The lowest BCUT2D eigenvalue weighted by Gasteiger charge is -2.25. The highest BCUT2D eigenvalue weighted by molar-refractivity contribution is 5.68. The normalized spacial score (nSPS) is 34.0. The summed E-state index contributed by atoms with van der Waals surface area (Å²) in [7, 11) is 0. The molecule has 3 atom stereocenters. The third-order valence-electron chi connectivity index (χ3n) is 2.94. The van der Waals surface area contributed by atoms with Gasteiger partial charge in [0.15, 0.2) is 0 Å². The molecule has 2 aliphatic rings. The van der Waals surface area contributed by atoms with Crippen molar-refractivity contribution in [1.82, 2.24) is 4.90 Å². The van der Waals surface area contributed by atoms with E-state index < -0.39 is 11.7 Å². The first-order chi connectivity index (χ1) is 7.37. The monoisotopic (exact) mass is 229 g/mol. The maximum Gasteiger partial charge on any atom is 0.410 e. The number of fused-ring (bicyclic) bond motifs is 1. The molecule has 5 nitrogen and oxygen atoms in total. The summed E-state index contributed by atoms with van der Waals surface area (Å²) in [6.45, 7) is 6.96. The molecule has 0 saturated carbocycles. The fraction of sp³-hybridized carbons (Fsp3) is 0.909. The quantitative estimate of drug-likeness (QED) is 0.661. The van der Waals surface area contributed by atoms with Crippen molar-refractivity contribution in [2.75, 3.05) is 19.7 Å². The topological polar surface area (TPSA) is 59.0 Å². The van der Waals surface area contributed by atoms with Crippen LogP contribution in [0.15, 0.2) is 0 Å². The Morgan fingerprint density at radius 2 is 2.12 bits per heavy atom. The molecule has 2 rings (SSSR count). The molecule has 0 aromatic heterocycles. The van der Waals surface area contributed by atoms with E-state index in [1.165, 1.54) is 0 Å². The number of carbonyl (C=O) groups excluding carboxylic acids is 1. The minimum absolute atomic E-state index is 0.0254. The second-order valence-corrected chi connectivity index (χ2v) is 5.49. The lowest BCUT2D eigenvalue weighted by atomic mass is 10.0. The molecule has 0 aromatic carbocycles. The molecule has 0 aliphatic carbocycles. The number of nitrogens with zero attached hydrogens (tertiary/aromatic N) is 1. The summed E-state index contributed by atoms with van der Waals surface area (Å²) in [5.74, 6) is 0.0486. The first kappa shape index (κ1) is 11.7. The Labute approximate surface area is 95.3 Å². The average Bonchev–Trinajstić information content (AvgIpc) is 2.65. The van der Waals surface area contributed by atoms with Crippen molar-refractivity contribution in [2.24, 2.45) is 5.92 Å². The smallest absolute Gasteiger partial charge is 0.410 e. The van der Waals surface area contributed by atoms with Crippen LogP contribution in [0.2, 0.25) is 0 Å². The SMILES string of the molecule is CC(C)(C)OC(=O)N1CC2OCC(O)C2C1. The molecular formula is C11H19NO4. The number of rotatable bonds is 0. The molecule has 0 aromatic rings. The Bertz CT molecular complexity index is 286. The molecule has 1 amide bonds. The van der Waals surface area contributed by atoms with Crippen molar-refractivity contribution in [3.63, 3.8) is 0 Å². The lowest BCUT2D eigenvalue weighted by molar-refractivity contribution is 0.0192. The van der Waals surface area contributed by atoms with Gasteiger partial charge in [-0.3, -0.25) is 0 Å². The van der Waals surface area contributed by atoms with Crippen LogP contribution in [0.25, 0.3) is 0 Å². The van der Waals surface area contributed by atoms with Gasteiger partial charge < -0.3 is 19.5 Å². The van der Waals surface area contributed by atoms with Crippen LogP contribution in [0.5, 0.6) is 0 Å². The molecule has 2 aliphatic heterocycles. The standard InChI is InChI=1S/C11H19NO4/c1-11(2,3)16-10(14)12-4-7-8(13)6-15-9(7)5-12/h7-9,13H,4-6H2,1-3H3. The van der Waals surface area contributed by atoms with Gasteiger partial charge in [-0.25, -0.2) is 4.79 Å². The van der Waals surface area contributed by atoms with E-state index in [-0.39, 0.29) is 18.1 Å². The number of ether oxygens (including phenoxy) is 2. The van der Waals surface area contributed by atoms with Crippen LogP contribution in [0, 0.1) is 5.92 Å². The number of carbonyl (C=O) groups is 1. The van der Waals surface area contributed by atoms with Crippen LogP contribution in [-0.2, 0) is 9.47 Å². The fourth-order valence-electron chi connectivity index (χ4n) is 2.17. The average molecular weight is 229 g/mol. The van der Waals surface area contributed by atoms with Gasteiger partial charge in [0.05, 0.1) is 25.4 Å². The Morgan fingerprint density at radius 1 is 1.44 bits per heavy atom. The third kappa shape index (κ3) is 2.30. The summed E-state index contributed by atoms with van der Waals surface area (Å²) < 4.78 is 10.7. The second-order valence-electron chi connectivity index (χ2n) is 5.49. The summed E-state index contributed by atoms with van der Waals surface area (Å²) in [5, 5.41) is 9.63. The van der Waals surface area contributed by atoms with Crippen LogP contribution in [0.3, 0.4) is 0 Å². The van der Waals surface area contributed by atoms with Gasteiger partial charge in [-0.05, 0) is 20.8 Å². The van der Waals surface area contributed by atoms with Gasteiger partial charge in [0.1, 0.15) is 5.60 Å². The predicted octanol–water partition coefficient (Wildman–Crippen LogP) is 0.613. The van der Waals surface area contributed by atoms with E-state index in [0.29, 0.717) is 19.7 Å². The highest BCUT2D eigenvalue weighted by Gasteiger charge is 2.45. The van der Waals surface area contributed by atoms with Crippen LogP contribution in [-0.4, -0.2) is 53.6 Å². The van der Waals surface area contributed by atoms with Gasteiger partial charge in [-0.2, -0.15) is 0 Å². The van der Waals surface area contributed by atoms with E-state index >= 15 is 0 Å². The summed E-state index contributed by atoms with van der Waals surface area (Å²) in [6.07, 6.45) is -0.794. The first-order valence-corrected chi connectivity index (χ1v) is 5.64. The van der Waals surface area contributed by atoms with Gasteiger partial charge in [0.25, 0.3) is 0 Å². The van der Waals surface area contributed by atoms with Gasteiger partial charge in [0, 0.05) is 12.5 Å². The Hall–Kier alpha value is -0.810. The molecule has 0 radical (unpaired) electrons. The Morgan fingerprint density at radius 3 is 2.69 bits per heavy atom. The Kier molecular flexibility index (Phi) is 2.84. The maximum absolute atomic E-state index is 11.8. The highest BCUT2D eigenvalue weighted by atomic mass is 16.6. The minimum Gasteiger partial charge on any atom is -0.444 e. The molecule has 92 valence electrons. The second kappa shape index (κ2) is 3.89. The maximum atomic E-state index is 11.8. The van der Waals surface area contributed by atoms with Crippen molar-refractivity contribution >= 4 is 6.09 Å². The van der Waals surface area contributed by atoms with Gasteiger partial charge in [0.2, 0.25) is 0 Å². The molecule has 1 N–H and O–H groups in total. The summed E-state index contributed by atoms with van der Waals surface area (Å²) in [5.41, 5.74) is -0.478. The van der Waals surface area contributed by atoms with E-state index in [4.69, 9.17) is 9.47 Å². The van der Waals surface area contributed by atoms with Crippen molar-refractivity contribution in [1.29, 1.82) is 0 Å². The largest absolute Gasteiger partial charge is 0.444 e. The van der Waals surface area contributed by atoms with E-state index in [0.717, 1.165) is 0 Å². The molecular weight excluding hydrogens is 210 g/mol. The zero-order chi connectivity index (χ0) is 11.9. The molecule has 0 spiro atoms. The summed E-state index contributed by atoms with van der Waals surface area (Å²) in [4.78, 5) is 13.4. The van der Waals surface area contributed by atoms with Crippen molar-refractivity contribution in [3.05, 3.63) is 0 Å². The van der Waals surface area contributed by atoms with Gasteiger partial charge >= 0.3 is 6.09 Å². The van der Waals surface area contributed by atoms with Crippen LogP contribution in [0.1, 0.15) is 20.8 Å². The van der Waals surface area contributed by atoms with Crippen molar-refractivity contribution in [3.8, 4) is 0 Å². The minimum atomic E-state index is -0.478. The van der Waals surface area contributed by atoms with Crippen LogP contribution < -0.4 is 0 Å². The van der Waals surface area contributed by atoms with Crippen LogP contribution >= 0.6 is 0 Å². The lowest BCUT2D eigenvalue weighted by Crippen LogP contribution is -2.37. The summed E-state index contributed by atoms with van der Waals surface area (Å²) >= 11 is 0. The molecule has 2 fully saturated rings. The van der Waals surface area contributed by atoms with Crippen molar-refractivity contribution < 1.29 is 19.4 Å². The zero-order valence-electron chi connectivity index (χ0n) is 9.97. The molecule has 0 bridgehead atoms. The number of hydrogen-bond acceptors (Lipinski definition) is 4. The van der Waals surface area contributed by atoms with E-state index in [9.17, 15) is 9.90 Å². The van der Waals surface area contributed by atoms with E-state index in [2.05, 4.69) is 0 Å². The van der Waals surface area contributed by atoms with Gasteiger partial charge in [-0.1, -0.05) is 0 Å². The van der Waals surface area contributed by atoms with Crippen LogP contribution in [0.4, 0.5) is 4.79 Å². The highest BCUT2D eigenvalue weighted by Crippen LogP contribution is 2.30. The molecule has 2 heterocycles. The summed E-state index contributed by atoms with van der Waals surface area (Å²) in [6, 6.07) is 0. The zero-order valence-corrected chi connectivity index (χ0v) is 9.97. The van der Waals surface area contributed by atoms with E-state index in [1.807, 2.05) is 20.8 Å². The van der Waals surface area contributed by atoms with Gasteiger partial charge in [-0.15, -0.1) is 0 Å². The predicted molar refractivity (Wildman–Crippen MR) is 57.0 cm³/mol. The molecule has 16 heavy (non-hydrogen) atoms. The number of aliphatic hydroxyl groups is 1. The number of amides is 1. The number of likely N-dealkylation sites (tertiary alicyclic amines) is 1. The van der Waals surface area contributed by atoms with E-state index in [1.54, 1.807) is 4.90 Å². The molecule has 5 heteroatoms. The first-order valence-electron chi connectivity index (χ1n) is 5.64. The Balaban J connectivity index is 1.92. The molecule has 3 unspecified atom stereocenters. The number of aliphatic hydroxyl groups excluding tert-OH is 1. The van der Waals surface area contributed by atoms with Crippen molar-refractivity contribution in [2.45, 2.75) is 38.6 Å². The molecule has 2 saturated heterocycles.